The van der Waals surface area contributed by atoms with Gasteiger partial charge in [0.25, 0.3) is 0 Å². The molecule has 0 atom stereocenters. The van der Waals surface area contributed by atoms with Gasteiger partial charge in [0.2, 0.25) is 0 Å². The minimum Gasteiger partial charge on any atom is -0.135 e. The van der Waals surface area contributed by atoms with Crippen LogP contribution in [-0.2, 0) is 0 Å². The van der Waals surface area contributed by atoms with Gasteiger partial charge in [0, 0.05) is 45.7 Å². The Kier molecular flexibility index (Phi) is 5.51. The van der Waals surface area contributed by atoms with Crippen LogP contribution in [-0.4, -0.2) is 0 Å². The molecule has 11 aromatic rings. The largest absolute Gasteiger partial charge is 0.135 e. The van der Waals surface area contributed by atoms with Gasteiger partial charge in [0.15, 0.2) is 0 Å². The first-order chi connectivity index (χ1) is 23.8. The predicted molar refractivity (Wildman–Crippen MR) is 213 cm³/mol. The third-order valence-corrected chi connectivity index (χ3v) is 12.6. The number of benzene rings is 9. The van der Waals surface area contributed by atoms with Gasteiger partial charge in [0.05, 0.1) is 0 Å². The second-order valence-corrected chi connectivity index (χ2v) is 14.9. The zero-order chi connectivity index (χ0) is 31.3. The standard InChI is InChI=1S/C46H26S2/c1-3-14-32-29(11-1)30-12-2-8-19-37(30)46-45(32)38-23-21-28(26-42(38)48-46)44-35-17-6-4-15-33(35)43(34-16-5-7-18-36(34)44)27-22-24-41-39(25-27)31-13-9-10-20-40(31)47-41/h1-26H. The van der Waals surface area contributed by atoms with Crippen molar-refractivity contribution in [2.24, 2.45) is 0 Å². The maximum atomic E-state index is 2.45. The molecule has 0 N–H and O–H groups in total. The molecule has 2 aromatic heterocycles. The molecule has 0 bridgehead atoms. The Balaban J connectivity index is 1.21. The van der Waals surface area contributed by atoms with E-state index in [0.29, 0.717) is 0 Å². The Morgan fingerprint density at radius 1 is 0.271 bits per heavy atom. The summed E-state index contributed by atoms with van der Waals surface area (Å²) in [6.07, 6.45) is 0. The van der Waals surface area contributed by atoms with Gasteiger partial charge in [-0.25, -0.2) is 0 Å². The van der Waals surface area contributed by atoms with Gasteiger partial charge in [-0.2, -0.15) is 0 Å². The lowest BCUT2D eigenvalue weighted by Crippen LogP contribution is -1.90. The Hall–Kier alpha value is -5.54. The highest BCUT2D eigenvalue weighted by atomic mass is 32.1. The van der Waals surface area contributed by atoms with Crippen molar-refractivity contribution in [3.63, 3.8) is 0 Å². The Bertz CT molecular complexity index is 3060. The number of rotatable bonds is 2. The van der Waals surface area contributed by atoms with Gasteiger partial charge in [0.1, 0.15) is 0 Å². The molecule has 0 saturated heterocycles. The fraction of sp³-hybridized carbons (Fsp3) is 0. The zero-order valence-electron chi connectivity index (χ0n) is 25.8. The van der Waals surface area contributed by atoms with E-state index in [1.54, 1.807) is 0 Å². The molecule has 0 aliphatic rings. The van der Waals surface area contributed by atoms with Crippen LogP contribution in [0.15, 0.2) is 158 Å². The van der Waals surface area contributed by atoms with Crippen molar-refractivity contribution >= 4 is 106 Å². The van der Waals surface area contributed by atoms with Crippen molar-refractivity contribution in [2.45, 2.75) is 0 Å². The van der Waals surface area contributed by atoms with E-state index in [9.17, 15) is 0 Å². The minimum atomic E-state index is 1.26. The second kappa shape index (κ2) is 9.98. The van der Waals surface area contributed by atoms with Crippen LogP contribution < -0.4 is 0 Å². The number of hydrogen-bond acceptors (Lipinski definition) is 2. The molecule has 222 valence electrons. The molecule has 48 heavy (non-hydrogen) atoms. The Labute approximate surface area is 284 Å². The normalized spacial score (nSPS) is 12.2. The van der Waals surface area contributed by atoms with Gasteiger partial charge in [-0.1, -0.05) is 133 Å². The van der Waals surface area contributed by atoms with E-state index in [1.807, 2.05) is 22.7 Å². The predicted octanol–water partition coefficient (Wildman–Crippen LogP) is 14.4. The van der Waals surface area contributed by atoms with Gasteiger partial charge in [-0.05, 0) is 84.2 Å². The average Bonchev–Trinajstić information content (AvgIpc) is 3.72. The smallest absolute Gasteiger partial charge is 0.0440 e. The van der Waals surface area contributed by atoms with E-state index in [4.69, 9.17) is 0 Å². The number of fused-ring (bicyclic) bond motifs is 13. The molecule has 0 nitrogen and oxygen atoms in total. The quantitative estimate of drug-likeness (QED) is 0.130. The van der Waals surface area contributed by atoms with Crippen LogP contribution in [0.5, 0.6) is 0 Å². The molecule has 0 spiro atoms. The van der Waals surface area contributed by atoms with E-state index in [0.717, 1.165) is 0 Å². The molecule has 0 radical (unpaired) electrons. The molecule has 0 aliphatic heterocycles. The lowest BCUT2D eigenvalue weighted by molar-refractivity contribution is 1.70. The zero-order valence-corrected chi connectivity index (χ0v) is 27.5. The summed E-state index contributed by atoms with van der Waals surface area (Å²) >= 11 is 3.81. The van der Waals surface area contributed by atoms with Crippen LogP contribution in [0.2, 0.25) is 0 Å². The minimum absolute atomic E-state index is 1.26. The summed E-state index contributed by atoms with van der Waals surface area (Å²) in [4.78, 5) is 0. The van der Waals surface area contributed by atoms with Crippen LogP contribution in [0.3, 0.4) is 0 Å². The molecule has 9 aromatic carbocycles. The van der Waals surface area contributed by atoms with Crippen molar-refractivity contribution in [3.8, 4) is 22.3 Å². The summed E-state index contributed by atoms with van der Waals surface area (Å²) in [5, 5.41) is 15.9. The highest BCUT2D eigenvalue weighted by molar-refractivity contribution is 7.27. The topological polar surface area (TPSA) is 0 Å². The van der Waals surface area contributed by atoms with Crippen LogP contribution >= 0.6 is 22.7 Å². The summed E-state index contributed by atoms with van der Waals surface area (Å²) in [5.74, 6) is 0. The van der Waals surface area contributed by atoms with Crippen molar-refractivity contribution < 1.29 is 0 Å². The Morgan fingerprint density at radius 2 is 0.750 bits per heavy atom. The maximum absolute atomic E-state index is 2.45. The van der Waals surface area contributed by atoms with E-state index in [2.05, 4.69) is 158 Å². The molecule has 2 heterocycles. The number of hydrogen-bond donors (Lipinski definition) is 0. The second-order valence-electron chi connectivity index (χ2n) is 12.8. The van der Waals surface area contributed by atoms with Gasteiger partial charge in [-0.15, -0.1) is 22.7 Å². The first kappa shape index (κ1) is 26.5. The third kappa shape index (κ3) is 3.65. The Morgan fingerprint density at radius 3 is 1.42 bits per heavy atom. The highest BCUT2D eigenvalue weighted by Crippen LogP contribution is 2.48. The van der Waals surface area contributed by atoms with Gasteiger partial charge >= 0.3 is 0 Å². The maximum Gasteiger partial charge on any atom is 0.0440 e. The highest BCUT2D eigenvalue weighted by Gasteiger charge is 2.19. The lowest BCUT2D eigenvalue weighted by Gasteiger charge is -2.18. The van der Waals surface area contributed by atoms with E-state index in [-0.39, 0.29) is 0 Å². The first-order valence-electron chi connectivity index (χ1n) is 16.4. The summed E-state index contributed by atoms with van der Waals surface area (Å²) < 4.78 is 5.38. The summed E-state index contributed by atoms with van der Waals surface area (Å²) in [6.45, 7) is 0. The van der Waals surface area contributed by atoms with Crippen LogP contribution in [0.25, 0.3) is 106 Å². The van der Waals surface area contributed by atoms with E-state index in [1.165, 1.54) is 106 Å². The first-order valence-corrected chi connectivity index (χ1v) is 18.1. The summed E-state index contributed by atoms with van der Waals surface area (Å²) in [6, 6.07) is 58.8. The molecule has 0 aliphatic carbocycles. The fourth-order valence-corrected chi connectivity index (χ4v) is 10.6. The SMILES string of the molecule is c1ccc2c(c1)sc1ccc(-c3c4ccccc4c(-c4ccc5c(c4)sc4c6ccccc6c6ccccc6c54)c4ccccc34)cc12. The summed E-state index contributed by atoms with van der Waals surface area (Å²) in [7, 11) is 0. The summed E-state index contributed by atoms with van der Waals surface area (Å²) in [5.41, 5.74) is 5.15. The number of thiophene rings is 2. The van der Waals surface area contributed by atoms with Crippen molar-refractivity contribution in [2.75, 3.05) is 0 Å². The molecule has 2 heteroatoms. The monoisotopic (exact) mass is 642 g/mol. The van der Waals surface area contributed by atoms with E-state index >= 15 is 0 Å². The molecular formula is C46H26S2. The molecule has 0 fully saturated rings. The van der Waals surface area contributed by atoms with Crippen LogP contribution in [0.4, 0.5) is 0 Å². The molecular weight excluding hydrogens is 617 g/mol. The molecule has 0 saturated carbocycles. The van der Waals surface area contributed by atoms with Crippen molar-refractivity contribution in [1.82, 2.24) is 0 Å². The molecule has 0 unspecified atom stereocenters. The van der Waals surface area contributed by atoms with Gasteiger partial charge in [-0.3, -0.25) is 0 Å². The van der Waals surface area contributed by atoms with Crippen molar-refractivity contribution in [1.29, 1.82) is 0 Å². The van der Waals surface area contributed by atoms with Gasteiger partial charge < -0.3 is 0 Å². The molecule has 0 amide bonds. The lowest BCUT2D eigenvalue weighted by atomic mass is 9.85. The van der Waals surface area contributed by atoms with Crippen LogP contribution in [0, 0.1) is 0 Å². The third-order valence-electron chi connectivity index (χ3n) is 10.2. The van der Waals surface area contributed by atoms with E-state index < -0.39 is 0 Å². The fourth-order valence-electron chi connectivity index (χ4n) is 8.19. The van der Waals surface area contributed by atoms with Crippen molar-refractivity contribution in [3.05, 3.63) is 158 Å². The molecule has 11 rings (SSSR count). The average molecular weight is 643 g/mol. The van der Waals surface area contributed by atoms with Crippen LogP contribution in [0.1, 0.15) is 0 Å².